The van der Waals surface area contributed by atoms with Crippen LogP contribution in [0.4, 0.5) is 0 Å². The Morgan fingerprint density at radius 2 is 2.12 bits per heavy atom. The number of guanidine groups is 1. The van der Waals surface area contributed by atoms with Crippen LogP contribution in [-0.2, 0) is 17.8 Å². The molecular formula is C18H28IN5O. The largest absolute Gasteiger partial charge is 0.382 e. The van der Waals surface area contributed by atoms with Gasteiger partial charge in [-0.1, -0.05) is 24.3 Å². The molecule has 2 aromatic rings. The lowest BCUT2D eigenvalue weighted by molar-refractivity contribution is 0.145. The molecule has 0 atom stereocenters. The highest BCUT2D eigenvalue weighted by Crippen LogP contribution is 2.07. The fraction of sp³-hybridized carbons (Fsp3) is 0.444. The molecule has 138 valence electrons. The van der Waals surface area contributed by atoms with Gasteiger partial charge in [0, 0.05) is 52.3 Å². The van der Waals surface area contributed by atoms with E-state index in [-0.39, 0.29) is 24.0 Å². The van der Waals surface area contributed by atoms with Crippen LogP contribution in [0.3, 0.4) is 0 Å². The summed E-state index contributed by atoms with van der Waals surface area (Å²) in [4.78, 5) is 8.32. The number of rotatable bonds is 9. The summed E-state index contributed by atoms with van der Waals surface area (Å²) in [6.07, 6.45) is 6.57. The van der Waals surface area contributed by atoms with Crippen molar-refractivity contribution in [3.8, 4) is 0 Å². The molecule has 6 nitrogen and oxygen atoms in total. The van der Waals surface area contributed by atoms with E-state index in [0.717, 1.165) is 45.2 Å². The summed E-state index contributed by atoms with van der Waals surface area (Å²) in [5.74, 6) is 0.812. The van der Waals surface area contributed by atoms with Crippen LogP contribution in [0, 0.1) is 0 Å². The van der Waals surface area contributed by atoms with Crippen LogP contribution in [-0.4, -0.2) is 42.3 Å². The molecule has 0 saturated carbocycles. The van der Waals surface area contributed by atoms with E-state index in [1.54, 1.807) is 13.2 Å². The van der Waals surface area contributed by atoms with Crippen LogP contribution >= 0.6 is 24.0 Å². The second kappa shape index (κ2) is 12.7. The lowest BCUT2D eigenvalue weighted by Crippen LogP contribution is -2.37. The number of benzene rings is 1. The number of hydrogen-bond acceptors (Lipinski definition) is 3. The van der Waals surface area contributed by atoms with Crippen molar-refractivity contribution in [1.29, 1.82) is 0 Å². The van der Waals surface area contributed by atoms with Crippen molar-refractivity contribution in [2.45, 2.75) is 26.4 Å². The molecule has 25 heavy (non-hydrogen) atoms. The Balaban J connectivity index is 0.00000312. The third-order valence-electron chi connectivity index (χ3n) is 3.56. The molecular weight excluding hydrogens is 429 g/mol. The van der Waals surface area contributed by atoms with Crippen LogP contribution in [0.15, 0.2) is 48.0 Å². The standard InChI is InChI=1S/C18H27N5O.HI/c1-3-24-11-5-8-21-18(19-2)22-13-16-6-4-7-17(12-16)14-23-10-9-20-15-23;/h4,6-7,9-10,12,15H,3,5,8,11,13-14H2,1-2H3,(H2,19,21,22);1H. The SMILES string of the molecule is CCOCCCNC(=NC)NCc1cccc(Cn2ccnc2)c1.I. The van der Waals surface area contributed by atoms with E-state index in [2.05, 4.69) is 49.4 Å². The number of imidazole rings is 1. The number of halogens is 1. The van der Waals surface area contributed by atoms with Crippen LogP contribution in [0.1, 0.15) is 24.5 Å². The van der Waals surface area contributed by atoms with Crippen LogP contribution in [0.5, 0.6) is 0 Å². The minimum Gasteiger partial charge on any atom is -0.382 e. The summed E-state index contributed by atoms with van der Waals surface area (Å²) in [7, 11) is 1.79. The first-order valence-electron chi connectivity index (χ1n) is 8.37. The van der Waals surface area contributed by atoms with Crippen molar-refractivity contribution in [3.05, 3.63) is 54.1 Å². The van der Waals surface area contributed by atoms with E-state index in [1.165, 1.54) is 11.1 Å². The lowest BCUT2D eigenvalue weighted by atomic mass is 10.1. The minimum absolute atomic E-state index is 0. The predicted molar refractivity (Wildman–Crippen MR) is 112 cm³/mol. The summed E-state index contributed by atoms with van der Waals surface area (Å²) in [6.45, 7) is 5.97. The van der Waals surface area contributed by atoms with Gasteiger partial charge >= 0.3 is 0 Å². The Kier molecular flexibility index (Phi) is 10.9. The molecule has 0 saturated heterocycles. The van der Waals surface area contributed by atoms with E-state index in [1.807, 2.05) is 19.4 Å². The first-order chi connectivity index (χ1) is 11.8. The molecule has 0 bridgehead atoms. The van der Waals surface area contributed by atoms with Crippen molar-refractivity contribution >= 4 is 29.9 Å². The van der Waals surface area contributed by atoms with Gasteiger partial charge in [0.05, 0.1) is 6.33 Å². The van der Waals surface area contributed by atoms with Crippen molar-refractivity contribution in [3.63, 3.8) is 0 Å². The molecule has 0 aliphatic heterocycles. The van der Waals surface area contributed by atoms with E-state index in [9.17, 15) is 0 Å². The Morgan fingerprint density at radius 1 is 1.28 bits per heavy atom. The average Bonchev–Trinajstić information content (AvgIpc) is 3.11. The Bertz CT molecular complexity index is 616. The summed E-state index contributed by atoms with van der Waals surface area (Å²) >= 11 is 0. The molecule has 0 radical (unpaired) electrons. The molecule has 0 aliphatic rings. The molecule has 1 heterocycles. The Morgan fingerprint density at radius 3 is 2.84 bits per heavy atom. The quantitative estimate of drug-likeness (QED) is 0.263. The summed E-state index contributed by atoms with van der Waals surface area (Å²) in [6, 6.07) is 8.54. The van der Waals surface area contributed by atoms with E-state index in [0.29, 0.717) is 0 Å². The monoisotopic (exact) mass is 457 g/mol. The minimum atomic E-state index is 0. The molecule has 0 amide bonds. The smallest absolute Gasteiger partial charge is 0.191 e. The third kappa shape index (κ3) is 8.35. The molecule has 1 aromatic carbocycles. The molecule has 0 unspecified atom stereocenters. The average molecular weight is 457 g/mol. The zero-order valence-corrected chi connectivity index (χ0v) is 17.3. The highest BCUT2D eigenvalue weighted by Gasteiger charge is 2.00. The first-order valence-corrected chi connectivity index (χ1v) is 8.37. The van der Waals surface area contributed by atoms with E-state index >= 15 is 0 Å². The summed E-state index contributed by atoms with van der Waals surface area (Å²) < 4.78 is 7.39. The van der Waals surface area contributed by atoms with Crippen molar-refractivity contribution in [2.24, 2.45) is 4.99 Å². The van der Waals surface area contributed by atoms with Gasteiger partial charge < -0.3 is 19.9 Å². The maximum atomic E-state index is 5.33. The van der Waals surface area contributed by atoms with Gasteiger partial charge in [-0.3, -0.25) is 4.99 Å². The predicted octanol–water partition coefficient (Wildman–Crippen LogP) is 2.64. The summed E-state index contributed by atoms with van der Waals surface area (Å²) in [5, 5.41) is 6.64. The maximum absolute atomic E-state index is 5.33. The molecule has 0 aliphatic carbocycles. The zero-order valence-electron chi connectivity index (χ0n) is 14.9. The number of nitrogens with zero attached hydrogens (tertiary/aromatic N) is 3. The van der Waals surface area contributed by atoms with Gasteiger partial charge in [0.15, 0.2) is 5.96 Å². The topological polar surface area (TPSA) is 63.5 Å². The molecule has 1 aromatic heterocycles. The maximum Gasteiger partial charge on any atom is 0.191 e. The molecule has 2 N–H and O–H groups in total. The van der Waals surface area contributed by atoms with Gasteiger partial charge in [0.25, 0.3) is 0 Å². The van der Waals surface area contributed by atoms with Crippen molar-refractivity contribution in [1.82, 2.24) is 20.2 Å². The van der Waals surface area contributed by atoms with Gasteiger partial charge in [0.1, 0.15) is 0 Å². The second-order valence-corrected chi connectivity index (χ2v) is 5.46. The number of aliphatic imine (C=N–C) groups is 1. The van der Waals surface area contributed by atoms with Gasteiger partial charge in [0.2, 0.25) is 0 Å². The van der Waals surface area contributed by atoms with Gasteiger partial charge in [-0.15, -0.1) is 24.0 Å². The zero-order chi connectivity index (χ0) is 17.0. The highest BCUT2D eigenvalue weighted by molar-refractivity contribution is 14.0. The Labute approximate surface area is 167 Å². The molecule has 0 spiro atoms. The normalized spacial score (nSPS) is 11.0. The van der Waals surface area contributed by atoms with Gasteiger partial charge in [-0.25, -0.2) is 4.98 Å². The van der Waals surface area contributed by atoms with Crippen molar-refractivity contribution < 1.29 is 4.74 Å². The second-order valence-electron chi connectivity index (χ2n) is 5.46. The molecule has 2 rings (SSSR count). The third-order valence-corrected chi connectivity index (χ3v) is 3.56. The first kappa shape index (κ1) is 21.4. The lowest BCUT2D eigenvalue weighted by Gasteiger charge is -2.12. The van der Waals surface area contributed by atoms with Crippen LogP contribution < -0.4 is 10.6 Å². The van der Waals surface area contributed by atoms with Gasteiger partial charge in [-0.05, 0) is 24.5 Å². The summed E-state index contributed by atoms with van der Waals surface area (Å²) in [5.41, 5.74) is 2.48. The molecule has 7 heteroatoms. The van der Waals surface area contributed by atoms with Crippen LogP contribution in [0.2, 0.25) is 0 Å². The number of aromatic nitrogens is 2. The highest BCUT2D eigenvalue weighted by atomic mass is 127. The number of nitrogens with one attached hydrogen (secondary N) is 2. The van der Waals surface area contributed by atoms with E-state index in [4.69, 9.17) is 4.74 Å². The fourth-order valence-corrected chi connectivity index (χ4v) is 2.36. The number of hydrogen-bond donors (Lipinski definition) is 2. The fourth-order valence-electron chi connectivity index (χ4n) is 2.36. The van der Waals surface area contributed by atoms with E-state index < -0.39 is 0 Å². The number of ether oxygens (including phenoxy) is 1. The molecule has 0 fully saturated rings. The van der Waals surface area contributed by atoms with Gasteiger partial charge in [-0.2, -0.15) is 0 Å². The van der Waals surface area contributed by atoms with Crippen molar-refractivity contribution in [2.75, 3.05) is 26.8 Å². The van der Waals surface area contributed by atoms with Crippen LogP contribution in [0.25, 0.3) is 0 Å². The Hall–Kier alpha value is -1.61.